The van der Waals surface area contributed by atoms with E-state index in [1.165, 1.54) is 0 Å². The minimum atomic E-state index is -1.23. The first-order valence-electron chi connectivity index (χ1n) is 3.42. The zero-order chi connectivity index (χ0) is 8.81. The third-order valence-electron chi connectivity index (χ3n) is 1.29. The lowest BCUT2D eigenvalue weighted by Crippen LogP contribution is -2.33. The number of hydrogen-bond acceptors (Lipinski definition) is 3. The van der Waals surface area contributed by atoms with E-state index >= 15 is 0 Å². The van der Waals surface area contributed by atoms with Crippen molar-refractivity contribution in [3.8, 4) is 0 Å². The van der Waals surface area contributed by atoms with Crippen LogP contribution < -0.4 is 5.46 Å². The number of rotatable bonds is 4. The van der Waals surface area contributed by atoms with Gasteiger partial charge in [0.15, 0.2) is 0 Å². The van der Waals surface area contributed by atoms with Crippen LogP contribution in [0.1, 0.15) is 0 Å². The van der Waals surface area contributed by atoms with E-state index in [1.807, 2.05) is 0 Å². The molecule has 0 heterocycles. The van der Waals surface area contributed by atoms with Crippen LogP contribution in [0, 0.1) is 0 Å². The van der Waals surface area contributed by atoms with Gasteiger partial charge in [-0.25, -0.2) is 9.28 Å². The second kappa shape index (κ2) is 4.87. The van der Waals surface area contributed by atoms with Gasteiger partial charge in [-0.2, -0.15) is 0 Å². The second-order valence-electron chi connectivity index (χ2n) is 2.09. The summed E-state index contributed by atoms with van der Waals surface area (Å²) < 4.78 is 11.4. The molecule has 0 saturated carbocycles. The molecule has 1 N–H and O–H groups in total. The van der Waals surface area contributed by atoms with Gasteiger partial charge in [0.2, 0.25) is 6.86 Å². The Kier molecular flexibility index (Phi) is 3.73. The van der Waals surface area contributed by atoms with E-state index in [0.717, 1.165) is 0 Å². The fourth-order valence-electron chi connectivity index (χ4n) is 0.763. The number of halogens is 1. The van der Waals surface area contributed by atoms with E-state index in [-0.39, 0.29) is 0 Å². The summed E-state index contributed by atoms with van der Waals surface area (Å²) in [5, 5.41) is 9.14. The maximum absolute atomic E-state index is 11.4. The van der Waals surface area contributed by atoms with Gasteiger partial charge in [-0.3, -0.25) is 4.81 Å². The van der Waals surface area contributed by atoms with E-state index in [4.69, 9.17) is 5.02 Å². The van der Waals surface area contributed by atoms with E-state index in [0.29, 0.717) is 5.46 Å². The molecule has 0 bridgehead atoms. The van der Waals surface area contributed by atoms with E-state index < -0.39 is 14.0 Å². The second-order valence-corrected chi connectivity index (χ2v) is 2.09. The van der Waals surface area contributed by atoms with Crippen LogP contribution in [0.5, 0.6) is 0 Å². The summed E-state index contributed by atoms with van der Waals surface area (Å²) in [5.41, 5.74) is 0.519. The Morgan fingerprint density at radius 2 is 2.00 bits per heavy atom. The molecule has 0 aliphatic rings. The van der Waals surface area contributed by atoms with Crippen molar-refractivity contribution in [1.82, 2.24) is 0 Å². The molecule has 12 heavy (non-hydrogen) atoms. The first-order chi connectivity index (χ1) is 5.84. The first kappa shape index (κ1) is 9.19. The molecule has 0 unspecified atom stereocenters. The molecule has 0 aliphatic heterocycles. The van der Waals surface area contributed by atoms with Crippen LogP contribution in [0.3, 0.4) is 0 Å². The van der Waals surface area contributed by atoms with Gasteiger partial charge in [0, 0.05) is 0 Å². The van der Waals surface area contributed by atoms with Gasteiger partial charge in [0.05, 0.1) is 0 Å². The average Bonchev–Trinajstić information content (AvgIpc) is 2.15. The zero-order valence-electron chi connectivity index (χ0n) is 6.31. The van der Waals surface area contributed by atoms with Crippen LogP contribution in [0.2, 0.25) is 0 Å². The Morgan fingerprint density at radius 3 is 2.58 bits per heavy atom. The molecule has 0 spiro atoms. The summed E-state index contributed by atoms with van der Waals surface area (Å²) in [5.74, 6) is 0. The van der Waals surface area contributed by atoms with Gasteiger partial charge >= 0.3 is 7.12 Å². The first-order valence-corrected chi connectivity index (χ1v) is 3.42. The topological polar surface area (TPSA) is 38.7 Å². The summed E-state index contributed by atoms with van der Waals surface area (Å²) in [6.45, 7) is -1.08. The van der Waals surface area contributed by atoms with Crippen LogP contribution in [0.25, 0.3) is 0 Å². The van der Waals surface area contributed by atoms with Gasteiger partial charge in [0.25, 0.3) is 0 Å². The maximum Gasteiger partial charge on any atom is 0.523 e. The lowest BCUT2D eigenvalue weighted by Gasteiger charge is -2.03. The highest BCUT2D eigenvalue weighted by Crippen LogP contribution is 1.88. The lowest BCUT2D eigenvalue weighted by atomic mass is 9.80. The van der Waals surface area contributed by atoms with E-state index in [9.17, 15) is 4.39 Å². The Bertz CT molecular complexity index is 219. The smallest absolute Gasteiger partial charge is 0.422 e. The summed E-state index contributed by atoms with van der Waals surface area (Å²) >= 11 is 0. The van der Waals surface area contributed by atoms with Crippen molar-refractivity contribution in [2.75, 3.05) is 6.86 Å². The van der Waals surface area contributed by atoms with Crippen LogP contribution in [-0.4, -0.2) is 19.0 Å². The third kappa shape index (κ3) is 2.62. The van der Waals surface area contributed by atoms with Crippen molar-refractivity contribution in [2.45, 2.75) is 0 Å². The predicted octanol–water partition coefficient (Wildman–Crippen LogP) is 0.249. The van der Waals surface area contributed by atoms with Gasteiger partial charge in [-0.05, 0) is 5.46 Å². The quantitative estimate of drug-likeness (QED) is 0.399. The minimum absolute atomic E-state index is 0.519. The molecular formula is C7H8BFO3. The Hall–Kier alpha value is -0.905. The minimum Gasteiger partial charge on any atom is -0.422 e. The summed E-state index contributed by atoms with van der Waals surface area (Å²) in [6.07, 6.45) is 0. The number of benzene rings is 1. The van der Waals surface area contributed by atoms with Crippen LogP contribution in [0.4, 0.5) is 4.39 Å². The van der Waals surface area contributed by atoms with Crippen molar-refractivity contribution < 1.29 is 19.1 Å². The molecule has 0 aromatic heterocycles. The van der Waals surface area contributed by atoms with E-state index in [2.05, 4.69) is 9.69 Å². The molecule has 3 nitrogen and oxygen atoms in total. The number of hydrogen-bond donors (Lipinski definition) is 1. The molecule has 0 saturated heterocycles. The SMILES string of the molecule is OB(OOCF)c1ccccc1. The van der Waals surface area contributed by atoms with Gasteiger partial charge in [0.1, 0.15) is 0 Å². The van der Waals surface area contributed by atoms with Crippen molar-refractivity contribution in [2.24, 2.45) is 0 Å². The molecule has 1 aromatic carbocycles. The van der Waals surface area contributed by atoms with Crippen molar-refractivity contribution in [3.05, 3.63) is 30.3 Å². The van der Waals surface area contributed by atoms with Crippen molar-refractivity contribution >= 4 is 12.6 Å². The molecule has 0 atom stereocenters. The normalized spacial score (nSPS) is 9.83. The molecule has 0 fully saturated rings. The highest BCUT2D eigenvalue weighted by molar-refractivity contribution is 6.59. The molecule has 5 heteroatoms. The van der Waals surface area contributed by atoms with Gasteiger partial charge in [-0.1, -0.05) is 30.3 Å². The Balaban J connectivity index is 2.48. The molecular weight excluding hydrogens is 162 g/mol. The molecule has 64 valence electrons. The molecule has 0 amide bonds. The maximum atomic E-state index is 11.4. The lowest BCUT2D eigenvalue weighted by molar-refractivity contribution is -0.246. The van der Waals surface area contributed by atoms with Crippen molar-refractivity contribution in [3.63, 3.8) is 0 Å². The third-order valence-corrected chi connectivity index (χ3v) is 1.29. The zero-order valence-corrected chi connectivity index (χ0v) is 6.31. The van der Waals surface area contributed by atoms with Crippen molar-refractivity contribution in [1.29, 1.82) is 0 Å². The largest absolute Gasteiger partial charge is 0.523 e. The Morgan fingerprint density at radius 1 is 1.33 bits per heavy atom. The Labute approximate surface area is 69.8 Å². The van der Waals surface area contributed by atoms with Crippen LogP contribution >= 0.6 is 0 Å². The highest BCUT2D eigenvalue weighted by Gasteiger charge is 2.16. The summed E-state index contributed by atoms with van der Waals surface area (Å²) in [7, 11) is -1.23. The highest BCUT2D eigenvalue weighted by atomic mass is 19.1. The number of alkyl halides is 1. The fraction of sp³-hybridized carbons (Fsp3) is 0.143. The van der Waals surface area contributed by atoms with Crippen LogP contribution in [0.15, 0.2) is 30.3 Å². The molecule has 1 aromatic rings. The van der Waals surface area contributed by atoms with Crippen LogP contribution in [-0.2, 0) is 9.69 Å². The fourth-order valence-corrected chi connectivity index (χ4v) is 0.763. The molecule has 1 rings (SSSR count). The van der Waals surface area contributed by atoms with Gasteiger partial charge < -0.3 is 5.02 Å². The summed E-state index contributed by atoms with van der Waals surface area (Å²) in [6, 6.07) is 8.56. The standard InChI is InChI=1S/C7H8BFO3/c9-6-11-12-8(10)7-4-2-1-3-5-7/h1-5,10H,6H2. The molecule has 0 radical (unpaired) electrons. The monoisotopic (exact) mass is 170 g/mol. The predicted molar refractivity (Wildman–Crippen MR) is 42.2 cm³/mol. The summed E-state index contributed by atoms with van der Waals surface area (Å²) in [4.78, 5) is 8.19. The molecule has 0 aliphatic carbocycles. The van der Waals surface area contributed by atoms with Gasteiger partial charge in [-0.15, -0.1) is 0 Å². The van der Waals surface area contributed by atoms with E-state index in [1.54, 1.807) is 30.3 Å². The average molecular weight is 170 g/mol.